The summed E-state index contributed by atoms with van der Waals surface area (Å²) >= 11 is 0. The van der Waals surface area contributed by atoms with E-state index >= 15 is 0 Å². The Morgan fingerprint density at radius 2 is 1.29 bits per heavy atom. The molecule has 0 fully saturated rings. The fraction of sp³-hybridized carbons (Fsp3) is 0.172. The van der Waals surface area contributed by atoms with E-state index in [1.165, 1.54) is 5.56 Å². The number of hydrogen-bond acceptors (Lipinski definition) is 2. The Morgan fingerprint density at radius 1 is 0.619 bits per heavy atom. The van der Waals surface area contributed by atoms with Crippen molar-refractivity contribution in [3.63, 3.8) is 0 Å². The van der Waals surface area contributed by atoms with Gasteiger partial charge >= 0.3 is 0 Å². The number of imidazole rings is 1. The van der Waals surface area contributed by atoms with E-state index in [2.05, 4.69) is 132 Å². The van der Waals surface area contributed by atoms with Gasteiger partial charge in [0, 0.05) is 23.0 Å². The van der Waals surface area contributed by atoms with Gasteiger partial charge in [-0.2, -0.15) is 0 Å². The molecule has 3 aromatic heterocycles. The first-order valence-electron chi connectivity index (χ1n) is 24.1. The lowest BCUT2D eigenvalue weighted by atomic mass is 9.78. The summed E-state index contributed by atoms with van der Waals surface area (Å²) < 4.78 is 57.1. The van der Waals surface area contributed by atoms with Gasteiger partial charge in [0.15, 0.2) is 0 Å². The Labute approximate surface area is 377 Å². The van der Waals surface area contributed by atoms with E-state index < -0.39 is 18.1 Å². The number of aryl methyl sites for hydroxylation is 1. The molecule has 0 saturated heterocycles. The van der Waals surface area contributed by atoms with Crippen LogP contribution in [0.15, 0.2) is 176 Å². The van der Waals surface area contributed by atoms with Gasteiger partial charge in [0.05, 0.1) is 40.3 Å². The van der Waals surface area contributed by atoms with Crippen molar-refractivity contribution in [2.45, 2.75) is 65.7 Å². The molecular formula is C58H52N4O. The molecular weight excluding hydrogens is 769 g/mol. The summed E-state index contributed by atoms with van der Waals surface area (Å²) in [5, 5.41) is 2.24. The maximum atomic E-state index is 9.19. The van der Waals surface area contributed by atoms with Crippen LogP contribution in [0.3, 0.4) is 0 Å². The molecule has 0 aliphatic heterocycles. The minimum atomic E-state index is -0.437. The van der Waals surface area contributed by atoms with Gasteiger partial charge in [-0.1, -0.05) is 164 Å². The monoisotopic (exact) mass is 825 g/mol. The number of rotatable bonds is 8. The summed E-state index contributed by atoms with van der Waals surface area (Å²) in [5.74, 6) is 2.15. The van der Waals surface area contributed by atoms with Gasteiger partial charge < -0.3 is 4.74 Å². The number of fused-ring (bicyclic) bond motifs is 4. The van der Waals surface area contributed by atoms with Gasteiger partial charge in [-0.15, -0.1) is 0 Å². The maximum Gasteiger partial charge on any atom is 0.269 e. The zero-order valence-corrected chi connectivity index (χ0v) is 36.8. The molecule has 0 unspecified atom stereocenters. The second-order valence-corrected chi connectivity index (χ2v) is 18.3. The van der Waals surface area contributed by atoms with E-state index in [-0.39, 0.29) is 28.5 Å². The Hall–Kier alpha value is -7.24. The molecule has 5 heteroatoms. The highest BCUT2D eigenvalue weighted by atomic mass is 16.5. The third-order valence-electron chi connectivity index (χ3n) is 12.0. The molecule has 0 radical (unpaired) electrons. The van der Waals surface area contributed by atoms with Crippen LogP contribution in [0.2, 0.25) is 0 Å². The highest BCUT2D eigenvalue weighted by Crippen LogP contribution is 2.40. The maximum absolute atomic E-state index is 9.19. The highest BCUT2D eigenvalue weighted by Gasteiger charge is 2.25. The fourth-order valence-corrected chi connectivity index (χ4v) is 8.56. The largest absolute Gasteiger partial charge is 0.458 e. The average Bonchev–Trinajstić information content (AvgIpc) is 3.88. The van der Waals surface area contributed by atoms with E-state index in [0.29, 0.717) is 22.7 Å². The van der Waals surface area contributed by atoms with Crippen LogP contribution in [-0.2, 0) is 17.3 Å². The van der Waals surface area contributed by atoms with Crippen molar-refractivity contribution in [2.75, 3.05) is 0 Å². The van der Waals surface area contributed by atoms with E-state index in [1.54, 1.807) is 0 Å². The zero-order chi connectivity index (χ0) is 47.8. The number of aromatic nitrogens is 4. The summed E-state index contributed by atoms with van der Waals surface area (Å²) in [7, 11) is 0. The first kappa shape index (κ1) is 34.4. The normalized spacial score (nSPS) is 13.2. The summed E-state index contributed by atoms with van der Waals surface area (Å²) in [6.07, 6.45) is 6.46. The van der Waals surface area contributed by atoms with Crippen LogP contribution in [0.25, 0.3) is 72.3 Å². The average molecular weight is 826 g/mol. The van der Waals surface area contributed by atoms with E-state index in [9.17, 15) is 2.74 Å². The van der Waals surface area contributed by atoms with Crippen LogP contribution in [0.1, 0.15) is 72.0 Å². The number of nitrogens with zero attached hydrogens (tertiary/aromatic N) is 4. The molecule has 0 aliphatic rings. The molecule has 0 aliphatic carbocycles. The molecule has 0 bridgehead atoms. The minimum absolute atomic E-state index is 0.119. The lowest BCUT2D eigenvalue weighted by molar-refractivity contribution is -0.571. The molecule has 310 valence electrons. The first-order valence-corrected chi connectivity index (χ1v) is 21.6. The Morgan fingerprint density at radius 3 is 2.03 bits per heavy atom. The number of benzene rings is 7. The minimum Gasteiger partial charge on any atom is -0.458 e. The van der Waals surface area contributed by atoms with Crippen LogP contribution in [0.4, 0.5) is 0 Å². The van der Waals surface area contributed by atoms with Crippen LogP contribution in [0, 0.1) is 6.33 Å². The molecule has 0 N–H and O–H groups in total. The van der Waals surface area contributed by atoms with Gasteiger partial charge in [0.2, 0.25) is 0 Å². The van der Waals surface area contributed by atoms with Crippen molar-refractivity contribution >= 4 is 32.8 Å². The number of ether oxygens (including phenoxy) is 1. The Bertz CT molecular complexity index is 3570. The van der Waals surface area contributed by atoms with E-state index in [1.807, 2.05) is 82.1 Å². The van der Waals surface area contributed by atoms with Crippen LogP contribution < -0.4 is 9.30 Å². The number of hydrogen-bond donors (Lipinski definition) is 0. The molecule has 63 heavy (non-hydrogen) atoms. The highest BCUT2D eigenvalue weighted by molar-refractivity contribution is 6.09. The molecule has 10 aromatic rings. The first-order chi connectivity index (χ1) is 32.5. The van der Waals surface area contributed by atoms with E-state index in [0.717, 1.165) is 73.0 Å². The molecule has 5 nitrogen and oxygen atoms in total. The molecule has 0 saturated carbocycles. The van der Waals surface area contributed by atoms with Gasteiger partial charge in [-0.3, -0.25) is 13.7 Å². The SMILES string of the molecule is [2H]c1c([2H])c([2H])c(-c2cccc(-c3cc(C(C)(C)C)cc(C(C)(C)C)c3)c2-[n+]2[c-]n(-c3cccc(Oc4ccc5c6ccccc6n(-c6cc(CC)ccn6)c5c4)c3)c3ccccc32)c([2H])c1[2H]. The molecule has 0 amide bonds. The predicted molar refractivity (Wildman–Crippen MR) is 260 cm³/mol. The smallest absolute Gasteiger partial charge is 0.269 e. The van der Waals surface area contributed by atoms with Gasteiger partial charge in [0.1, 0.15) is 17.3 Å². The fourth-order valence-electron chi connectivity index (χ4n) is 8.56. The molecule has 10 rings (SSSR count). The van der Waals surface area contributed by atoms with Crippen molar-refractivity contribution in [3.05, 3.63) is 199 Å². The summed E-state index contributed by atoms with van der Waals surface area (Å²) in [6.45, 7) is 15.4. The van der Waals surface area contributed by atoms with Gasteiger partial charge in [-0.25, -0.2) is 4.98 Å². The number of pyridine rings is 1. The third-order valence-corrected chi connectivity index (χ3v) is 12.0. The summed E-state index contributed by atoms with van der Waals surface area (Å²) in [5.41, 5.74) is 10.7. The lowest BCUT2D eigenvalue weighted by Gasteiger charge is -2.27. The zero-order valence-electron chi connectivity index (χ0n) is 41.8. The third kappa shape index (κ3) is 7.38. The standard InChI is InChI=1S/C58H52N4O/c1-8-39-30-31-59-55(32-39)62-51-25-13-12-22-49(51)50-29-28-46(37-54(50)62)63-45-21-16-20-44(36-45)60-38-61(53-27-15-14-26-52(53)60)56-47(40-18-10-9-11-19-40)23-17-24-48(56)41-33-42(57(2,3)4)35-43(34-41)58(5,6)7/h9-37H,8H2,1-7H3/i9D,10D,11D,18D,19D. The van der Waals surface area contributed by atoms with Crippen LogP contribution >= 0.6 is 0 Å². The molecule has 7 aromatic carbocycles. The van der Waals surface area contributed by atoms with Crippen molar-refractivity contribution in [1.29, 1.82) is 0 Å². The van der Waals surface area contributed by atoms with Crippen LogP contribution in [-0.4, -0.2) is 14.1 Å². The number of para-hydroxylation sites is 4. The second-order valence-electron chi connectivity index (χ2n) is 18.3. The molecule has 3 heterocycles. The van der Waals surface area contributed by atoms with Crippen LogP contribution in [0.5, 0.6) is 11.5 Å². The second kappa shape index (κ2) is 15.6. The summed E-state index contributed by atoms with van der Waals surface area (Å²) in [6, 6.07) is 45.5. The topological polar surface area (TPSA) is 35.9 Å². The van der Waals surface area contributed by atoms with Crippen molar-refractivity contribution in [2.24, 2.45) is 0 Å². The van der Waals surface area contributed by atoms with Gasteiger partial charge in [-0.05, 0) is 105 Å². The predicted octanol–water partition coefficient (Wildman–Crippen LogP) is 14.5. The lowest BCUT2D eigenvalue weighted by Crippen LogP contribution is -2.31. The Balaban J connectivity index is 1.16. The molecule has 0 atom stereocenters. The van der Waals surface area contributed by atoms with E-state index in [4.69, 9.17) is 13.8 Å². The quantitative estimate of drug-likeness (QED) is 0.113. The summed E-state index contributed by atoms with van der Waals surface area (Å²) in [4.78, 5) is 4.80. The van der Waals surface area contributed by atoms with Crippen molar-refractivity contribution < 1.29 is 16.2 Å². The van der Waals surface area contributed by atoms with Crippen molar-refractivity contribution in [3.8, 4) is 50.9 Å². The van der Waals surface area contributed by atoms with Crippen molar-refractivity contribution in [1.82, 2.24) is 14.1 Å². The molecule has 0 spiro atoms. The van der Waals surface area contributed by atoms with Gasteiger partial charge in [0.25, 0.3) is 6.33 Å². The Kier molecular flexibility index (Phi) is 8.50.